The van der Waals surface area contributed by atoms with Crippen LogP contribution in [-0.4, -0.2) is 35.6 Å². The van der Waals surface area contributed by atoms with E-state index in [1.54, 1.807) is 0 Å². The van der Waals surface area contributed by atoms with Gasteiger partial charge in [-0.1, -0.05) is 25.1 Å². The van der Waals surface area contributed by atoms with Crippen molar-refractivity contribution >= 4 is 29.3 Å². The maximum Gasteiger partial charge on any atom is 0.244 e. The van der Waals surface area contributed by atoms with E-state index < -0.39 is 29.0 Å². The first kappa shape index (κ1) is 21.8. The van der Waals surface area contributed by atoms with Crippen molar-refractivity contribution in [2.75, 3.05) is 24.2 Å². The zero-order valence-electron chi connectivity index (χ0n) is 15.4. The van der Waals surface area contributed by atoms with Crippen LogP contribution in [0.2, 0.25) is 0 Å². The summed E-state index contributed by atoms with van der Waals surface area (Å²) >= 11 is 1.54. The Morgan fingerprint density at radius 3 is 2.43 bits per heavy atom. The lowest BCUT2D eigenvalue weighted by Crippen LogP contribution is -2.38. The van der Waals surface area contributed by atoms with Crippen molar-refractivity contribution in [3.63, 3.8) is 0 Å². The molecule has 0 aromatic heterocycles. The molecule has 0 fully saturated rings. The lowest BCUT2D eigenvalue weighted by Gasteiger charge is -2.21. The Bertz CT molecular complexity index is 819. The van der Waals surface area contributed by atoms with Gasteiger partial charge in [-0.15, -0.1) is 11.8 Å². The normalized spacial score (nSPS) is 10.6. The SMILES string of the molecule is CCCN(CC(=O)Nc1ccc(F)c(F)c1F)C(=O)CCSc1ccccc1. The molecule has 0 aliphatic carbocycles. The molecule has 0 spiro atoms. The number of nitrogens with zero attached hydrogens (tertiary/aromatic N) is 1. The van der Waals surface area contributed by atoms with Crippen LogP contribution in [-0.2, 0) is 9.59 Å². The number of rotatable bonds is 9. The first-order valence-corrected chi connectivity index (χ1v) is 9.80. The van der Waals surface area contributed by atoms with Gasteiger partial charge in [-0.25, -0.2) is 13.2 Å². The molecule has 2 aromatic carbocycles. The van der Waals surface area contributed by atoms with Gasteiger partial charge in [0, 0.05) is 23.6 Å². The second kappa shape index (κ2) is 10.8. The molecule has 0 saturated carbocycles. The van der Waals surface area contributed by atoms with Crippen LogP contribution in [0.4, 0.5) is 18.9 Å². The van der Waals surface area contributed by atoms with Gasteiger partial charge in [-0.3, -0.25) is 9.59 Å². The van der Waals surface area contributed by atoms with Crippen molar-refractivity contribution in [1.82, 2.24) is 4.90 Å². The van der Waals surface area contributed by atoms with Crippen molar-refractivity contribution in [2.45, 2.75) is 24.7 Å². The van der Waals surface area contributed by atoms with Crippen LogP contribution >= 0.6 is 11.8 Å². The van der Waals surface area contributed by atoms with Gasteiger partial charge >= 0.3 is 0 Å². The molecule has 2 amide bonds. The van der Waals surface area contributed by atoms with Crippen LogP contribution in [0.3, 0.4) is 0 Å². The third-order valence-corrected chi connectivity index (χ3v) is 4.83. The van der Waals surface area contributed by atoms with Crippen LogP contribution in [0, 0.1) is 17.5 Å². The lowest BCUT2D eigenvalue weighted by molar-refractivity contribution is -0.134. The summed E-state index contributed by atoms with van der Waals surface area (Å²) in [5.74, 6) is -4.79. The largest absolute Gasteiger partial charge is 0.333 e. The standard InChI is InChI=1S/C20H21F3N2O2S/c1-2-11-25(18(27)10-12-28-14-6-4-3-5-7-14)13-17(26)24-16-9-8-15(21)19(22)20(16)23/h3-9H,2,10-13H2,1H3,(H,24,26). The molecule has 0 atom stereocenters. The average Bonchev–Trinajstić information content (AvgIpc) is 2.69. The number of thioether (sulfide) groups is 1. The van der Waals surface area contributed by atoms with Gasteiger partial charge < -0.3 is 10.2 Å². The lowest BCUT2D eigenvalue weighted by atomic mass is 10.2. The molecule has 0 aliphatic heterocycles. The van der Waals surface area contributed by atoms with Gasteiger partial charge in [0.15, 0.2) is 17.5 Å². The minimum absolute atomic E-state index is 0.203. The predicted octanol–water partition coefficient (Wildman–Crippen LogP) is 4.46. The van der Waals surface area contributed by atoms with Crippen LogP contribution in [0.15, 0.2) is 47.4 Å². The molecular formula is C20H21F3N2O2S. The number of anilines is 1. The van der Waals surface area contributed by atoms with Gasteiger partial charge in [0.2, 0.25) is 11.8 Å². The van der Waals surface area contributed by atoms with E-state index in [0.29, 0.717) is 18.7 Å². The monoisotopic (exact) mass is 410 g/mol. The molecule has 0 radical (unpaired) electrons. The first-order chi connectivity index (χ1) is 13.4. The quantitative estimate of drug-likeness (QED) is 0.490. The van der Waals surface area contributed by atoms with Crippen molar-refractivity contribution in [3.8, 4) is 0 Å². The van der Waals surface area contributed by atoms with Crippen LogP contribution in [0.5, 0.6) is 0 Å². The van der Waals surface area contributed by atoms with Crippen molar-refractivity contribution in [1.29, 1.82) is 0 Å². The number of amides is 2. The van der Waals surface area contributed by atoms with E-state index in [1.807, 2.05) is 37.3 Å². The summed E-state index contributed by atoms with van der Waals surface area (Å²) in [7, 11) is 0. The molecule has 2 aromatic rings. The summed E-state index contributed by atoms with van der Waals surface area (Å²) in [4.78, 5) is 27.0. The summed E-state index contributed by atoms with van der Waals surface area (Å²) in [6.45, 7) is 1.94. The molecule has 8 heteroatoms. The van der Waals surface area contributed by atoms with E-state index in [2.05, 4.69) is 5.32 Å². The highest BCUT2D eigenvalue weighted by Crippen LogP contribution is 2.20. The molecule has 150 valence electrons. The fourth-order valence-corrected chi connectivity index (χ4v) is 3.34. The van der Waals surface area contributed by atoms with Crippen molar-refractivity contribution in [3.05, 3.63) is 59.9 Å². The number of carbonyl (C=O) groups is 2. The van der Waals surface area contributed by atoms with Crippen molar-refractivity contribution in [2.24, 2.45) is 0 Å². The van der Waals surface area contributed by atoms with E-state index in [1.165, 1.54) is 16.7 Å². The Balaban J connectivity index is 1.90. The summed E-state index contributed by atoms with van der Waals surface area (Å²) < 4.78 is 39.9. The topological polar surface area (TPSA) is 49.4 Å². The highest BCUT2D eigenvalue weighted by molar-refractivity contribution is 7.99. The van der Waals surface area contributed by atoms with E-state index in [0.717, 1.165) is 17.0 Å². The minimum Gasteiger partial charge on any atom is -0.333 e. The number of carbonyl (C=O) groups excluding carboxylic acids is 2. The third-order valence-electron chi connectivity index (χ3n) is 3.82. The zero-order valence-corrected chi connectivity index (χ0v) is 16.2. The van der Waals surface area contributed by atoms with Gasteiger partial charge in [0.1, 0.15) is 0 Å². The number of nitrogens with one attached hydrogen (secondary N) is 1. The average molecular weight is 410 g/mol. The van der Waals surface area contributed by atoms with E-state index in [4.69, 9.17) is 0 Å². The van der Waals surface area contributed by atoms with Crippen LogP contribution < -0.4 is 5.32 Å². The van der Waals surface area contributed by atoms with Gasteiger partial charge in [-0.2, -0.15) is 0 Å². The van der Waals surface area contributed by atoms with E-state index in [-0.39, 0.29) is 18.9 Å². The fourth-order valence-electron chi connectivity index (χ4n) is 2.48. The zero-order chi connectivity index (χ0) is 20.5. The summed E-state index contributed by atoms with van der Waals surface area (Å²) in [5, 5.41) is 2.18. The molecule has 2 rings (SSSR count). The second-order valence-electron chi connectivity index (χ2n) is 6.00. The third kappa shape index (κ3) is 6.30. The molecule has 0 saturated heterocycles. The second-order valence-corrected chi connectivity index (χ2v) is 7.17. The molecule has 4 nitrogen and oxygen atoms in total. The molecule has 0 unspecified atom stereocenters. The number of halogens is 3. The van der Waals surface area contributed by atoms with Gasteiger partial charge in [0.05, 0.1) is 12.2 Å². The molecule has 0 bridgehead atoms. The summed E-state index contributed by atoms with van der Waals surface area (Å²) in [6.07, 6.45) is 0.886. The number of hydrogen-bond acceptors (Lipinski definition) is 3. The Labute approximate surface area is 166 Å². The summed E-state index contributed by atoms with van der Waals surface area (Å²) in [5.41, 5.74) is -0.465. The Kier molecular flexibility index (Phi) is 8.38. The minimum atomic E-state index is -1.66. The van der Waals surface area contributed by atoms with E-state index in [9.17, 15) is 22.8 Å². The highest BCUT2D eigenvalue weighted by Gasteiger charge is 2.19. The van der Waals surface area contributed by atoms with Gasteiger partial charge in [-0.05, 0) is 30.7 Å². The van der Waals surface area contributed by atoms with Crippen LogP contribution in [0.25, 0.3) is 0 Å². The van der Waals surface area contributed by atoms with Crippen LogP contribution in [0.1, 0.15) is 19.8 Å². The number of hydrogen-bond donors (Lipinski definition) is 1. The van der Waals surface area contributed by atoms with Crippen molar-refractivity contribution < 1.29 is 22.8 Å². The first-order valence-electron chi connectivity index (χ1n) is 8.81. The summed E-state index contributed by atoms with van der Waals surface area (Å²) in [6, 6.07) is 11.3. The van der Waals surface area contributed by atoms with Gasteiger partial charge in [0.25, 0.3) is 0 Å². The molecule has 0 aliphatic rings. The molecular weight excluding hydrogens is 389 g/mol. The predicted molar refractivity (Wildman–Crippen MR) is 104 cm³/mol. The maximum atomic E-state index is 13.7. The fraction of sp³-hybridized carbons (Fsp3) is 0.300. The highest BCUT2D eigenvalue weighted by atomic mass is 32.2. The Morgan fingerprint density at radius 2 is 1.75 bits per heavy atom. The maximum absolute atomic E-state index is 13.7. The molecule has 28 heavy (non-hydrogen) atoms. The molecule has 0 heterocycles. The smallest absolute Gasteiger partial charge is 0.244 e. The van der Waals surface area contributed by atoms with E-state index >= 15 is 0 Å². The number of benzene rings is 2. The molecule has 1 N–H and O–H groups in total. The Morgan fingerprint density at radius 1 is 1.04 bits per heavy atom. The Hall–Kier alpha value is -2.48.